The molecule has 2 N–H and O–H groups in total. The molecular formula is C29H45N3O5. The summed E-state index contributed by atoms with van der Waals surface area (Å²) in [4.78, 5) is 35.3. The number of hydrogen-bond acceptors (Lipinski definition) is 7. The number of aliphatic hydroxyl groups is 2. The lowest BCUT2D eigenvalue weighted by Gasteiger charge is -2.40. The van der Waals surface area contributed by atoms with E-state index in [0.29, 0.717) is 32.4 Å². The Bertz CT molecular complexity index is 881. The molecule has 206 valence electrons. The maximum absolute atomic E-state index is 13.6. The molecule has 2 atom stereocenters. The molecule has 1 saturated carbocycles. The predicted molar refractivity (Wildman–Crippen MR) is 140 cm³/mol. The number of carbonyl (C=O) groups excluding carboxylic acids is 2. The van der Waals surface area contributed by atoms with Gasteiger partial charge in [-0.3, -0.25) is 19.5 Å². The third-order valence-corrected chi connectivity index (χ3v) is 9.02. The van der Waals surface area contributed by atoms with Crippen LogP contribution in [0.5, 0.6) is 0 Å². The molecule has 1 spiro atoms. The zero-order chi connectivity index (χ0) is 26.3. The van der Waals surface area contributed by atoms with Crippen LogP contribution in [0.25, 0.3) is 0 Å². The van der Waals surface area contributed by atoms with Crippen LogP contribution in [0.3, 0.4) is 0 Å². The lowest BCUT2D eigenvalue weighted by Crippen LogP contribution is -2.46. The van der Waals surface area contributed by atoms with E-state index in [1.165, 1.54) is 12.0 Å². The van der Waals surface area contributed by atoms with Gasteiger partial charge in [-0.15, -0.1) is 0 Å². The Morgan fingerprint density at radius 1 is 0.946 bits per heavy atom. The molecule has 1 aromatic heterocycles. The van der Waals surface area contributed by atoms with E-state index < -0.39 is 17.6 Å². The summed E-state index contributed by atoms with van der Waals surface area (Å²) in [5.41, 5.74) is 0.284. The number of pyridine rings is 1. The second-order valence-corrected chi connectivity index (χ2v) is 11.8. The highest BCUT2D eigenvalue weighted by molar-refractivity contribution is 5.82. The van der Waals surface area contributed by atoms with Crippen molar-refractivity contribution in [1.29, 1.82) is 0 Å². The quantitative estimate of drug-likeness (QED) is 0.596. The zero-order valence-electron chi connectivity index (χ0n) is 22.4. The Kier molecular flexibility index (Phi) is 9.59. The van der Waals surface area contributed by atoms with Gasteiger partial charge >= 0.3 is 5.97 Å². The highest BCUT2D eigenvalue weighted by Gasteiger charge is 2.43. The first kappa shape index (κ1) is 28.0. The van der Waals surface area contributed by atoms with Crippen molar-refractivity contribution in [2.75, 3.05) is 32.8 Å². The Hall–Kier alpha value is -2.03. The van der Waals surface area contributed by atoms with E-state index in [0.717, 1.165) is 58.2 Å². The molecule has 2 saturated heterocycles. The molecule has 0 bridgehead atoms. The maximum atomic E-state index is 13.6. The number of piperidine rings is 1. The summed E-state index contributed by atoms with van der Waals surface area (Å²) in [5.74, 6) is -0.0839. The minimum atomic E-state index is -1.16. The topological polar surface area (TPSA) is 103 Å². The molecule has 37 heavy (non-hydrogen) atoms. The minimum Gasteiger partial charge on any atom is -0.462 e. The molecule has 8 heteroatoms. The van der Waals surface area contributed by atoms with E-state index in [1.807, 2.05) is 17.0 Å². The van der Waals surface area contributed by atoms with Crippen molar-refractivity contribution in [1.82, 2.24) is 14.8 Å². The SMILES string of the molecule is CC1(C(=O)N2CCCCC3(CCN(Cc4ccncc4)CC3)C(=O)OC[C@@H](O)[C@@H](O)CC2)CCCCC1. The number of aliphatic hydroxyl groups excluding tert-OH is 2. The predicted octanol–water partition coefficient (Wildman–Crippen LogP) is 3.30. The fourth-order valence-corrected chi connectivity index (χ4v) is 6.36. The Morgan fingerprint density at radius 3 is 2.32 bits per heavy atom. The molecule has 2 aliphatic heterocycles. The van der Waals surface area contributed by atoms with Gasteiger partial charge in [0.2, 0.25) is 5.91 Å². The number of carbonyl (C=O) groups is 2. The van der Waals surface area contributed by atoms with Crippen LogP contribution in [0.15, 0.2) is 24.5 Å². The number of hydrogen-bond donors (Lipinski definition) is 2. The number of cyclic esters (lactones) is 1. The summed E-state index contributed by atoms with van der Waals surface area (Å²) in [6.07, 6.45) is 10.6. The van der Waals surface area contributed by atoms with Gasteiger partial charge in [0.15, 0.2) is 0 Å². The van der Waals surface area contributed by atoms with Gasteiger partial charge in [0.05, 0.1) is 11.5 Å². The van der Waals surface area contributed by atoms with E-state index in [-0.39, 0.29) is 30.3 Å². The number of aromatic nitrogens is 1. The van der Waals surface area contributed by atoms with Crippen molar-refractivity contribution in [2.45, 2.75) is 96.3 Å². The van der Waals surface area contributed by atoms with Gasteiger partial charge in [-0.1, -0.05) is 32.6 Å². The normalized spacial score (nSPS) is 28.0. The Balaban J connectivity index is 1.42. The highest BCUT2D eigenvalue weighted by atomic mass is 16.5. The highest BCUT2D eigenvalue weighted by Crippen LogP contribution is 2.40. The largest absolute Gasteiger partial charge is 0.462 e. The maximum Gasteiger partial charge on any atom is 0.312 e. The standard InChI is InChI=1S/C29H45N3O5/c1-28(10-3-2-4-11-28)26(35)32-17-6-5-12-29(27(36)37-22-25(34)24(33)9-18-32)13-19-31(20-14-29)21-23-7-15-30-16-8-23/h7-8,15-16,24-25,33-34H,2-6,9-14,17-22H2,1H3/t24-,25+/m0/s1. The third kappa shape index (κ3) is 7.09. The van der Waals surface area contributed by atoms with Crippen molar-refractivity contribution >= 4 is 11.9 Å². The van der Waals surface area contributed by atoms with Crippen LogP contribution in [0, 0.1) is 10.8 Å². The lowest BCUT2D eigenvalue weighted by atomic mass is 9.74. The molecule has 1 aliphatic carbocycles. The van der Waals surface area contributed by atoms with Crippen LogP contribution in [0.1, 0.15) is 83.1 Å². The second kappa shape index (κ2) is 12.7. The van der Waals surface area contributed by atoms with Crippen molar-refractivity contribution in [2.24, 2.45) is 10.8 Å². The van der Waals surface area contributed by atoms with Crippen LogP contribution >= 0.6 is 0 Å². The molecule has 1 amide bonds. The van der Waals surface area contributed by atoms with Gasteiger partial charge in [0, 0.05) is 37.4 Å². The number of amides is 1. The summed E-state index contributed by atoms with van der Waals surface area (Å²) in [7, 11) is 0. The molecule has 8 nitrogen and oxygen atoms in total. The van der Waals surface area contributed by atoms with Crippen molar-refractivity contribution in [3.05, 3.63) is 30.1 Å². The summed E-state index contributed by atoms with van der Waals surface area (Å²) >= 11 is 0. The van der Waals surface area contributed by atoms with Crippen LogP contribution in [0.2, 0.25) is 0 Å². The molecule has 1 aromatic rings. The molecular weight excluding hydrogens is 470 g/mol. The smallest absolute Gasteiger partial charge is 0.312 e. The molecule has 0 radical (unpaired) electrons. The summed E-state index contributed by atoms with van der Waals surface area (Å²) in [6, 6.07) is 4.04. The van der Waals surface area contributed by atoms with Gasteiger partial charge < -0.3 is 19.8 Å². The van der Waals surface area contributed by atoms with Gasteiger partial charge in [0.25, 0.3) is 0 Å². The molecule has 0 unspecified atom stereocenters. The summed E-state index contributed by atoms with van der Waals surface area (Å²) in [5, 5.41) is 21.1. The Morgan fingerprint density at radius 2 is 1.62 bits per heavy atom. The van der Waals surface area contributed by atoms with E-state index >= 15 is 0 Å². The second-order valence-electron chi connectivity index (χ2n) is 11.8. The fourth-order valence-electron chi connectivity index (χ4n) is 6.36. The number of esters is 1. The molecule has 0 aromatic carbocycles. The van der Waals surface area contributed by atoms with Crippen LogP contribution in [-0.2, 0) is 20.9 Å². The van der Waals surface area contributed by atoms with Gasteiger partial charge in [-0.2, -0.15) is 0 Å². The van der Waals surface area contributed by atoms with E-state index in [4.69, 9.17) is 4.74 Å². The average Bonchev–Trinajstić information content (AvgIpc) is 2.92. The van der Waals surface area contributed by atoms with E-state index in [2.05, 4.69) is 16.8 Å². The van der Waals surface area contributed by atoms with Crippen molar-refractivity contribution in [3.8, 4) is 0 Å². The van der Waals surface area contributed by atoms with Crippen molar-refractivity contribution < 1.29 is 24.5 Å². The summed E-state index contributed by atoms with van der Waals surface area (Å²) < 4.78 is 5.61. The molecule has 3 heterocycles. The summed E-state index contributed by atoms with van der Waals surface area (Å²) in [6.45, 7) is 5.33. The van der Waals surface area contributed by atoms with Gasteiger partial charge in [-0.05, 0) is 75.7 Å². The number of ether oxygens (including phenoxy) is 1. The minimum absolute atomic E-state index is 0.176. The van der Waals surface area contributed by atoms with E-state index in [9.17, 15) is 19.8 Å². The molecule has 4 rings (SSSR count). The lowest BCUT2D eigenvalue weighted by molar-refractivity contribution is -0.165. The Labute approximate surface area is 221 Å². The first-order valence-corrected chi connectivity index (χ1v) is 14.3. The van der Waals surface area contributed by atoms with Crippen LogP contribution in [-0.4, -0.2) is 81.9 Å². The van der Waals surface area contributed by atoms with Crippen LogP contribution < -0.4 is 0 Å². The average molecular weight is 516 g/mol. The fraction of sp³-hybridized carbons (Fsp3) is 0.759. The number of rotatable bonds is 3. The third-order valence-electron chi connectivity index (χ3n) is 9.02. The van der Waals surface area contributed by atoms with E-state index in [1.54, 1.807) is 12.4 Å². The van der Waals surface area contributed by atoms with Gasteiger partial charge in [0.1, 0.15) is 12.7 Å². The van der Waals surface area contributed by atoms with Gasteiger partial charge in [-0.25, -0.2) is 0 Å². The first-order valence-electron chi connectivity index (χ1n) is 14.3. The monoisotopic (exact) mass is 515 g/mol. The number of likely N-dealkylation sites (tertiary alicyclic amines) is 1. The number of nitrogens with zero attached hydrogens (tertiary/aromatic N) is 3. The zero-order valence-corrected chi connectivity index (χ0v) is 22.4. The molecule has 3 aliphatic rings. The van der Waals surface area contributed by atoms with Crippen molar-refractivity contribution in [3.63, 3.8) is 0 Å². The first-order chi connectivity index (χ1) is 17.8. The molecule has 3 fully saturated rings. The van der Waals surface area contributed by atoms with Crippen LogP contribution in [0.4, 0.5) is 0 Å².